The van der Waals surface area contributed by atoms with Crippen LogP contribution in [0.25, 0.3) is 32.3 Å². The molecule has 0 spiro atoms. The van der Waals surface area contributed by atoms with Crippen LogP contribution in [-0.4, -0.2) is 40.4 Å². The number of hydrogen-bond acceptors (Lipinski definition) is 5. The van der Waals surface area contributed by atoms with E-state index in [2.05, 4.69) is 11.2 Å². The number of rotatable bonds is 9. The van der Waals surface area contributed by atoms with Crippen LogP contribution in [0.1, 0.15) is 22.3 Å². The molecule has 40 heavy (non-hydrogen) atoms. The predicted octanol–water partition coefficient (Wildman–Crippen LogP) is 7.13. The number of hydrogen-bond donors (Lipinski definition) is 0. The maximum atomic E-state index is 15.0. The Labute approximate surface area is 226 Å². The minimum atomic E-state index is -5.40. The average molecular weight is 624 g/mol. The first kappa shape index (κ1) is 28.0. The van der Waals surface area contributed by atoms with Crippen LogP contribution in [0, 0.1) is 23.3 Å². The maximum absolute atomic E-state index is 15.0. The van der Waals surface area contributed by atoms with Crippen LogP contribution in [0.5, 0.6) is 5.75 Å². The topological polar surface area (TPSA) is 61.8 Å². The molecule has 0 radical (unpaired) electrons. The summed E-state index contributed by atoms with van der Waals surface area (Å²) in [6, 6.07) is 16.5. The molecule has 12 heteroatoms. The van der Waals surface area contributed by atoms with E-state index >= 15 is 8.78 Å². The van der Waals surface area contributed by atoms with E-state index < -0.39 is 73.6 Å². The van der Waals surface area contributed by atoms with Gasteiger partial charge in [-0.1, -0.05) is 36.4 Å². The van der Waals surface area contributed by atoms with Crippen molar-refractivity contribution in [3.05, 3.63) is 89.0 Å². The van der Waals surface area contributed by atoms with Gasteiger partial charge >= 0.3 is 168 Å². The molecule has 0 aliphatic carbocycles. The Morgan fingerprint density at radius 2 is 1.30 bits per heavy atom. The molecule has 5 rings (SSSR count). The van der Waals surface area contributed by atoms with E-state index in [4.69, 9.17) is 0 Å². The van der Waals surface area contributed by atoms with Crippen molar-refractivity contribution in [3.8, 4) is 5.75 Å². The van der Waals surface area contributed by atoms with Gasteiger partial charge < -0.3 is 0 Å². The Kier molecular flexibility index (Phi) is 7.10. The third kappa shape index (κ3) is 4.52. The van der Waals surface area contributed by atoms with E-state index in [1.165, 1.54) is 0 Å². The molecule has 5 aromatic rings. The first-order valence-electron chi connectivity index (χ1n) is 11.8. The standard InChI is InChI=1S/C28H19AsF6O5/c1-38-29(37,39-2)40-26-24(32)22(30)21(23(31)25(26)33)27(36)28(34,35)13-12-14-6-7-17-9-8-15-4-3-5-16-10-11-18(14)20(17)19(15)16/h3-11H,12-13H2,1-2H3. The normalized spacial score (nSPS) is 12.6. The first-order valence-corrected chi connectivity index (χ1v) is 14.8. The molecule has 0 amide bonds. The van der Waals surface area contributed by atoms with E-state index in [0.29, 0.717) is 10.9 Å². The number of carbonyl (C=O) groups is 1. The zero-order chi connectivity index (χ0) is 29.0. The van der Waals surface area contributed by atoms with Gasteiger partial charge in [0.1, 0.15) is 0 Å². The van der Waals surface area contributed by atoms with E-state index in [1.807, 2.05) is 36.4 Å². The molecule has 0 saturated carbocycles. The van der Waals surface area contributed by atoms with Crippen LogP contribution in [-0.2, 0) is 17.6 Å². The number of Topliss-reactive ketones (excluding diaryl/α,β-unsaturated/α-hetero) is 1. The Bertz CT molecular complexity index is 1790. The molecule has 0 saturated heterocycles. The zero-order valence-corrected chi connectivity index (χ0v) is 22.7. The fourth-order valence-electron chi connectivity index (χ4n) is 4.75. The van der Waals surface area contributed by atoms with Crippen LogP contribution in [0.2, 0.25) is 0 Å². The van der Waals surface area contributed by atoms with Crippen molar-refractivity contribution in [2.24, 2.45) is 0 Å². The number of alkyl halides is 2. The Morgan fingerprint density at radius 3 is 1.88 bits per heavy atom. The molecule has 5 aromatic carbocycles. The van der Waals surface area contributed by atoms with Gasteiger partial charge in [0.15, 0.2) is 0 Å². The third-order valence-corrected chi connectivity index (χ3v) is 9.49. The summed E-state index contributed by atoms with van der Waals surface area (Å²) in [6.45, 7) is 0. The first-order chi connectivity index (χ1) is 18.9. The van der Waals surface area contributed by atoms with Crippen LogP contribution in [0.4, 0.5) is 26.3 Å². The number of carbonyl (C=O) groups excluding carboxylic acids is 1. The fraction of sp³-hybridized carbons (Fsp3) is 0.179. The summed E-state index contributed by atoms with van der Waals surface area (Å²) >= 11 is -5.40. The predicted molar refractivity (Wildman–Crippen MR) is 135 cm³/mol. The molecule has 0 atom stereocenters. The van der Waals surface area contributed by atoms with E-state index in [-0.39, 0.29) is 0 Å². The summed E-state index contributed by atoms with van der Waals surface area (Å²) in [7, 11) is 1.57. The molecule has 0 heterocycles. The molecule has 0 aliphatic rings. The fourth-order valence-corrected chi connectivity index (χ4v) is 6.18. The molecule has 0 unspecified atom stereocenters. The number of halogens is 6. The van der Waals surface area contributed by atoms with Gasteiger partial charge in [-0.3, -0.25) is 0 Å². The van der Waals surface area contributed by atoms with Gasteiger partial charge in [0, 0.05) is 0 Å². The quantitative estimate of drug-likeness (QED) is 0.0575. The Hall–Kier alpha value is -3.53. The van der Waals surface area contributed by atoms with Gasteiger partial charge in [-0.05, 0) is 21.5 Å². The second kappa shape index (κ2) is 10.1. The second-order valence-corrected chi connectivity index (χ2v) is 12.8. The number of aryl methyl sites for hydroxylation is 1. The summed E-state index contributed by atoms with van der Waals surface area (Å²) in [5, 5.41) is 5.20. The van der Waals surface area contributed by atoms with Crippen LogP contribution < -0.4 is 3.73 Å². The van der Waals surface area contributed by atoms with Gasteiger partial charge in [-0.15, -0.1) is 0 Å². The van der Waals surface area contributed by atoms with E-state index in [1.54, 1.807) is 18.2 Å². The molecule has 0 fully saturated rings. The Morgan fingerprint density at radius 1 is 0.775 bits per heavy atom. The van der Waals surface area contributed by atoms with Crippen LogP contribution in [0.3, 0.4) is 0 Å². The molecule has 5 nitrogen and oxygen atoms in total. The molecule has 0 aromatic heterocycles. The molecule has 0 bridgehead atoms. The monoisotopic (exact) mass is 624 g/mol. The van der Waals surface area contributed by atoms with Crippen molar-refractivity contribution in [2.75, 3.05) is 14.2 Å². The van der Waals surface area contributed by atoms with Crippen molar-refractivity contribution in [1.82, 2.24) is 0 Å². The molecule has 208 valence electrons. The minimum absolute atomic E-state index is 0.393. The van der Waals surface area contributed by atoms with Gasteiger partial charge in [0.05, 0.1) is 0 Å². The van der Waals surface area contributed by atoms with Crippen molar-refractivity contribution in [1.29, 1.82) is 0 Å². The van der Waals surface area contributed by atoms with E-state index in [0.717, 1.165) is 41.2 Å². The molecule has 0 aliphatic heterocycles. The summed E-state index contributed by atoms with van der Waals surface area (Å²) in [5.41, 5.74) is -1.68. The summed E-state index contributed by atoms with van der Waals surface area (Å²) in [6.07, 6.45) is -1.60. The van der Waals surface area contributed by atoms with Crippen LogP contribution in [0.15, 0.2) is 54.6 Å². The second-order valence-electron chi connectivity index (χ2n) is 8.98. The Balaban J connectivity index is 1.48. The van der Waals surface area contributed by atoms with Gasteiger partial charge in [0.2, 0.25) is 0 Å². The molecular formula is C28H19AsF6O5. The van der Waals surface area contributed by atoms with Crippen molar-refractivity contribution >= 4 is 52.6 Å². The summed E-state index contributed by atoms with van der Waals surface area (Å²) in [5.74, 6) is -18.3. The third-order valence-electron chi connectivity index (χ3n) is 6.76. The van der Waals surface area contributed by atoms with Crippen LogP contribution >= 0.6 is 0 Å². The van der Waals surface area contributed by atoms with Crippen molar-refractivity contribution < 1.29 is 46.1 Å². The zero-order valence-electron chi connectivity index (χ0n) is 20.9. The van der Waals surface area contributed by atoms with E-state index in [9.17, 15) is 26.1 Å². The SMILES string of the molecule is CO[As](=O)(OC)Oc1c(F)c(F)c(C(=O)C(F)(F)CCc2ccc3ccc4cccc5ccc2c3c45)c(F)c1F. The van der Waals surface area contributed by atoms with Crippen molar-refractivity contribution in [3.63, 3.8) is 0 Å². The summed E-state index contributed by atoms with van der Waals surface area (Å²) < 4.78 is 114. The van der Waals surface area contributed by atoms with Gasteiger partial charge in [-0.25, -0.2) is 0 Å². The number of benzene rings is 5. The molecule has 0 N–H and O–H groups in total. The summed E-state index contributed by atoms with van der Waals surface area (Å²) in [4.78, 5) is 12.6. The van der Waals surface area contributed by atoms with Gasteiger partial charge in [0.25, 0.3) is 0 Å². The average Bonchev–Trinajstić information content (AvgIpc) is 2.96. The molecular weight excluding hydrogens is 605 g/mol. The number of ketones is 1. The van der Waals surface area contributed by atoms with Gasteiger partial charge in [-0.2, -0.15) is 0 Å². The van der Waals surface area contributed by atoms with Crippen molar-refractivity contribution in [2.45, 2.75) is 18.8 Å².